The van der Waals surface area contributed by atoms with Gasteiger partial charge in [-0.1, -0.05) is 0 Å². The molecule has 0 aliphatic carbocycles. The second-order valence-corrected chi connectivity index (χ2v) is 5.50. The summed E-state index contributed by atoms with van der Waals surface area (Å²) in [6, 6.07) is 3.80. The maximum atomic E-state index is 12.1. The van der Waals surface area contributed by atoms with E-state index in [0.29, 0.717) is 11.4 Å². The van der Waals surface area contributed by atoms with Gasteiger partial charge in [-0.3, -0.25) is 9.59 Å². The Balaban J connectivity index is 2.23. The molecule has 0 aromatic carbocycles. The first-order chi connectivity index (χ1) is 8.11. The van der Waals surface area contributed by atoms with Crippen molar-refractivity contribution in [2.24, 2.45) is 0 Å². The molecule has 2 aromatic heterocycles. The van der Waals surface area contributed by atoms with Gasteiger partial charge in [0.05, 0.1) is 4.88 Å². The molecule has 90 valence electrons. The van der Waals surface area contributed by atoms with Gasteiger partial charge < -0.3 is 10.0 Å². The fourth-order valence-electron chi connectivity index (χ4n) is 1.52. The Labute approximate surface area is 106 Å². The number of carboxylic acids is 1. The fraction of sp³-hybridized carbons (Fsp3) is 0.273. The van der Waals surface area contributed by atoms with Crippen LogP contribution in [0.25, 0.3) is 9.40 Å². The number of carbonyl (C=O) groups excluding carboxylic acids is 1. The first kappa shape index (κ1) is 12.1. The first-order valence-electron chi connectivity index (χ1n) is 5.10. The van der Waals surface area contributed by atoms with Crippen LogP contribution in [0.4, 0.5) is 0 Å². The standard InChI is InChI=1S/C11H11NO3S2/c1-2-12(6-10(13)14)11(15)9-5-8-7(17-9)3-4-16-8/h3-5H,2,6H2,1H3,(H,13,14). The number of likely N-dealkylation sites (N-methyl/N-ethyl adjacent to an activating group) is 1. The summed E-state index contributed by atoms with van der Waals surface area (Å²) in [5.74, 6) is -1.19. The normalized spacial score (nSPS) is 10.6. The lowest BCUT2D eigenvalue weighted by atomic mass is 10.3. The van der Waals surface area contributed by atoms with Gasteiger partial charge in [0.1, 0.15) is 6.54 Å². The van der Waals surface area contributed by atoms with Crippen LogP contribution in [-0.4, -0.2) is 35.0 Å². The molecule has 0 bridgehead atoms. The minimum atomic E-state index is -0.987. The molecule has 4 nitrogen and oxygen atoms in total. The molecule has 1 N–H and O–H groups in total. The van der Waals surface area contributed by atoms with Crippen LogP contribution >= 0.6 is 22.7 Å². The number of rotatable bonds is 4. The first-order valence-corrected chi connectivity index (χ1v) is 6.79. The molecule has 0 saturated carbocycles. The lowest BCUT2D eigenvalue weighted by Gasteiger charge is -2.17. The van der Waals surface area contributed by atoms with Crippen LogP contribution in [0, 0.1) is 0 Å². The van der Waals surface area contributed by atoms with Crippen molar-refractivity contribution < 1.29 is 14.7 Å². The van der Waals surface area contributed by atoms with Crippen LogP contribution in [0.1, 0.15) is 16.6 Å². The molecule has 0 aliphatic heterocycles. The highest BCUT2D eigenvalue weighted by atomic mass is 32.1. The SMILES string of the molecule is CCN(CC(=O)O)C(=O)c1cc2sccc2s1. The Morgan fingerprint density at radius 3 is 2.76 bits per heavy atom. The highest BCUT2D eigenvalue weighted by Gasteiger charge is 2.19. The van der Waals surface area contributed by atoms with E-state index in [4.69, 9.17) is 5.11 Å². The molecule has 0 unspecified atom stereocenters. The summed E-state index contributed by atoms with van der Waals surface area (Å²) in [7, 11) is 0. The molecule has 2 rings (SSSR count). The molecule has 1 amide bonds. The summed E-state index contributed by atoms with van der Waals surface area (Å²) in [6.07, 6.45) is 0. The van der Waals surface area contributed by atoms with Crippen molar-refractivity contribution in [2.75, 3.05) is 13.1 Å². The van der Waals surface area contributed by atoms with Crippen LogP contribution in [0.5, 0.6) is 0 Å². The number of carbonyl (C=O) groups is 2. The van der Waals surface area contributed by atoms with E-state index in [-0.39, 0.29) is 12.5 Å². The molecular weight excluding hydrogens is 258 g/mol. The van der Waals surface area contributed by atoms with Crippen LogP contribution in [0.3, 0.4) is 0 Å². The number of hydrogen-bond acceptors (Lipinski definition) is 4. The smallest absolute Gasteiger partial charge is 0.323 e. The van der Waals surface area contributed by atoms with Gasteiger partial charge in [0, 0.05) is 15.9 Å². The number of fused-ring (bicyclic) bond motifs is 1. The molecule has 0 fully saturated rings. The fourth-order valence-corrected chi connectivity index (χ4v) is 3.59. The second kappa shape index (κ2) is 4.85. The Bertz CT molecular complexity index is 529. The minimum Gasteiger partial charge on any atom is -0.480 e. The van der Waals surface area contributed by atoms with Gasteiger partial charge in [0.25, 0.3) is 5.91 Å². The van der Waals surface area contributed by atoms with E-state index in [1.807, 2.05) is 17.5 Å². The number of thiophene rings is 2. The molecule has 0 radical (unpaired) electrons. The number of carboxylic acid groups (broad SMARTS) is 1. The maximum absolute atomic E-state index is 12.1. The van der Waals surface area contributed by atoms with E-state index in [1.54, 1.807) is 18.3 Å². The van der Waals surface area contributed by atoms with E-state index in [2.05, 4.69) is 0 Å². The zero-order valence-corrected chi connectivity index (χ0v) is 10.8. The van der Waals surface area contributed by atoms with Crippen molar-refractivity contribution in [3.05, 3.63) is 22.4 Å². The molecule has 17 heavy (non-hydrogen) atoms. The monoisotopic (exact) mass is 269 g/mol. The Hall–Kier alpha value is -1.40. The van der Waals surface area contributed by atoms with Gasteiger partial charge in [-0.15, -0.1) is 22.7 Å². The number of aliphatic carboxylic acids is 1. The lowest BCUT2D eigenvalue weighted by molar-refractivity contribution is -0.137. The van der Waals surface area contributed by atoms with Gasteiger partial charge in [0.2, 0.25) is 0 Å². The molecule has 2 heterocycles. The van der Waals surface area contributed by atoms with Crippen molar-refractivity contribution in [1.29, 1.82) is 0 Å². The van der Waals surface area contributed by atoms with E-state index in [1.165, 1.54) is 16.2 Å². The van der Waals surface area contributed by atoms with E-state index >= 15 is 0 Å². The number of nitrogens with zero attached hydrogens (tertiary/aromatic N) is 1. The van der Waals surface area contributed by atoms with Crippen LogP contribution in [0.15, 0.2) is 17.5 Å². The van der Waals surface area contributed by atoms with Crippen molar-refractivity contribution >= 4 is 43.9 Å². The van der Waals surface area contributed by atoms with Gasteiger partial charge in [0.15, 0.2) is 0 Å². The van der Waals surface area contributed by atoms with E-state index < -0.39 is 5.97 Å². The molecular formula is C11H11NO3S2. The van der Waals surface area contributed by atoms with Gasteiger partial charge in [-0.05, 0) is 24.4 Å². The van der Waals surface area contributed by atoms with Crippen molar-refractivity contribution in [3.8, 4) is 0 Å². The van der Waals surface area contributed by atoms with Crippen molar-refractivity contribution in [2.45, 2.75) is 6.92 Å². The minimum absolute atomic E-state index is 0.205. The van der Waals surface area contributed by atoms with Gasteiger partial charge in [-0.2, -0.15) is 0 Å². The summed E-state index contributed by atoms with van der Waals surface area (Å²) < 4.78 is 2.15. The summed E-state index contributed by atoms with van der Waals surface area (Å²) in [6.45, 7) is 1.92. The summed E-state index contributed by atoms with van der Waals surface area (Å²) in [4.78, 5) is 24.6. The molecule has 0 aliphatic rings. The van der Waals surface area contributed by atoms with E-state index in [9.17, 15) is 9.59 Å². The Morgan fingerprint density at radius 2 is 2.18 bits per heavy atom. The van der Waals surface area contributed by atoms with Crippen LogP contribution < -0.4 is 0 Å². The third kappa shape index (κ3) is 2.48. The Kier molecular flexibility index (Phi) is 3.44. The average molecular weight is 269 g/mol. The zero-order valence-electron chi connectivity index (χ0n) is 9.17. The quantitative estimate of drug-likeness (QED) is 0.927. The number of hydrogen-bond donors (Lipinski definition) is 1. The average Bonchev–Trinajstić information content (AvgIpc) is 2.84. The predicted octanol–water partition coefficient (Wildman–Crippen LogP) is 2.51. The molecule has 0 atom stereocenters. The summed E-state index contributed by atoms with van der Waals surface area (Å²) in [5.41, 5.74) is 0. The van der Waals surface area contributed by atoms with Crippen LogP contribution in [0.2, 0.25) is 0 Å². The highest BCUT2D eigenvalue weighted by molar-refractivity contribution is 7.27. The third-order valence-corrected chi connectivity index (χ3v) is 4.43. The number of amides is 1. The maximum Gasteiger partial charge on any atom is 0.323 e. The van der Waals surface area contributed by atoms with Crippen molar-refractivity contribution in [3.63, 3.8) is 0 Å². The molecule has 0 spiro atoms. The predicted molar refractivity (Wildman–Crippen MR) is 68.9 cm³/mol. The third-order valence-electron chi connectivity index (χ3n) is 2.35. The van der Waals surface area contributed by atoms with Crippen LogP contribution in [-0.2, 0) is 4.79 Å². The molecule has 6 heteroatoms. The second-order valence-electron chi connectivity index (χ2n) is 3.47. The molecule has 2 aromatic rings. The highest BCUT2D eigenvalue weighted by Crippen LogP contribution is 2.30. The van der Waals surface area contributed by atoms with Gasteiger partial charge in [-0.25, -0.2) is 0 Å². The largest absolute Gasteiger partial charge is 0.480 e. The summed E-state index contributed by atoms with van der Waals surface area (Å²) >= 11 is 2.99. The van der Waals surface area contributed by atoms with Gasteiger partial charge >= 0.3 is 5.97 Å². The summed E-state index contributed by atoms with van der Waals surface area (Å²) in [5, 5.41) is 10.7. The topological polar surface area (TPSA) is 57.6 Å². The Morgan fingerprint density at radius 1 is 1.41 bits per heavy atom. The zero-order chi connectivity index (χ0) is 12.4. The molecule has 0 saturated heterocycles. The lowest BCUT2D eigenvalue weighted by Crippen LogP contribution is -2.34. The van der Waals surface area contributed by atoms with Crippen molar-refractivity contribution in [1.82, 2.24) is 4.90 Å². The van der Waals surface area contributed by atoms with E-state index in [0.717, 1.165) is 9.40 Å².